The van der Waals surface area contributed by atoms with E-state index in [1.165, 1.54) is 122 Å². The molecule has 0 aliphatic rings. The van der Waals surface area contributed by atoms with Crippen LogP contribution in [0.4, 0.5) is 0 Å². The number of nitrogens with two attached hydrogens (primary N) is 1. The average Bonchev–Trinajstić information content (AvgIpc) is 2.59. The van der Waals surface area contributed by atoms with Gasteiger partial charge in [-0.05, 0) is 18.9 Å². The first-order valence-corrected chi connectivity index (χ1v) is 11.5. The van der Waals surface area contributed by atoms with E-state index in [4.69, 9.17) is 5.73 Å². The minimum absolute atomic E-state index is 0.872. The van der Waals surface area contributed by atoms with Crippen LogP contribution in [-0.2, 0) is 0 Å². The monoisotopic (exact) mass is 339 g/mol. The molecule has 1 atom stereocenters. The zero-order valence-electron chi connectivity index (χ0n) is 17.3. The molecule has 24 heavy (non-hydrogen) atoms. The van der Waals surface area contributed by atoms with Gasteiger partial charge < -0.3 is 5.73 Å². The van der Waals surface area contributed by atoms with Crippen LogP contribution in [0.25, 0.3) is 0 Å². The van der Waals surface area contributed by atoms with Crippen LogP contribution in [0.1, 0.15) is 136 Å². The Bertz CT molecular complexity index is 214. The molecule has 1 heteroatoms. The fraction of sp³-hybridized carbons (Fsp3) is 1.00. The lowest BCUT2D eigenvalue weighted by molar-refractivity contribution is 0.430. The topological polar surface area (TPSA) is 26.0 Å². The molecule has 0 saturated carbocycles. The molecule has 0 spiro atoms. The normalized spacial score (nSPS) is 12.6. The van der Waals surface area contributed by atoms with Crippen molar-refractivity contribution in [1.82, 2.24) is 0 Å². The summed E-state index contributed by atoms with van der Waals surface area (Å²) in [4.78, 5) is 0. The van der Waals surface area contributed by atoms with E-state index in [1.54, 1.807) is 0 Å². The largest absolute Gasteiger partial charge is 0.330 e. The van der Waals surface area contributed by atoms with Crippen molar-refractivity contribution in [1.29, 1.82) is 0 Å². The lowest BCUT2D eigenvalue weighted by Gasteiger charge is -2.11. The molecule has 0 radical (unpaired) electrons. The Morgan fingerprint density at radius 2 is 0.833 bits per heavy atom. The Kier molecular flexibility index (Phi) is 21.0. The van der Waals surface area contributed by atoms with Crippen LogP contribution >= 0.6 is 0 Å². The lowest BCUT2D eigenvalue weighted by atomic mass is 9.95. The molecule has 0 aliphatic heterocycles. The molecule has 0 aromatic rings. The molecular formula is C23H49N. The maximum atomic E-state index is 5.52. The second-order valence-electron chi connectivity index (χ2n) is 8.13. The summed E-state index contributed by atoms with van der Waals surface area (Å²) < 4.78 is 0. The van der Waals surface area contributed by atoms with E-state index < -0.39 is 0 Å². The highest BCUT2D eigenvalue weighted by atomic mass is 14.5. The Morgan fingerprint density at radius 1 is 0.500 bits per heavy atom. The maximum absolute atomic E-state index is 5.52. The van der Waals surface area contributed by atoms with Gasteiger partial charge in [0.05, 0.1) is 0 Å². The Balaban J connectivity index is 3.11. The first-order valence-electron chi connectivity index (χ1n) is 11.5. The van der Waals surface area contributed by atoms with Gasteiger partial charge >= 0.3 is 0 Å². The molecule has 0 aromatic heterocycles. The van der Waals surface area contributed by atoms with Crippen LogP contribution in [0.2, 0.25) is 0 Å². The van der Waals surface area contributed by atoms with Gasteiger partial charge in [-0.2, -0.15) is 0 Å². The van der Waals surface area contributed by atoms with Crippen LogP contribution in [-0.4, -0.2) is 6.54 Å². The molecule has 1 nitrogen and oxygen atoms in total. The summed E-state index contributed by atoms with van der Waals surface area (Å²) >= 11 is 0. The van der Waals surface area contributed by atoms with E-state index in [1.807, 2.05) is 0 Å². The standard InChI is InChI=1S/C23H49N/c1-3-4-5-6-7-8-9-11-14-17-20-23(2)21-18-15-12-10-13-16-19-22-24/h23H,3-22,24H2,1-2H3. The Hall–Kier alpha value is -0.0400. The van der Waals surface area contributed by atoms with Crippen LogP contribution in [0.3, 0.4) is 0 Å². The van der Waals surface area contributed by atoms with Crippen LogP contribution in [0.5, 0.6) is 0 Å². The minimum atomic E-state index is 0.872. The van der Waals surface area contributed by atoms with Crippen molar-refractivity contribution in [2.24, 2.45) is 11.7 Å². The Labute approximate surface area is 154 Å². The number of rotatable bonds is 20. The smallest absolute Gasteiger partial charge is 0.00773 e. The van der Waals surface area contributed by atoms with Crippen molar-refractivity contribution in [3.63, 3.8) is 0 Å². The van der Waals surface area contributed by atoms with Gasteiger partial charge in [-0.25, -0.2) is 0 Å². The van der Waals surface area contributed by atoms with Crippen LogP contribution in [0, 0.1) is 5.92 Å². The molecule has 146 valence electrons. The molecule has 0 bridgehead atoms. The second-order valence-corrected chi connectivity index (χ2v) is 8.13. The molecule has 1 unspecified atom stereocenters. The van der Waals surface area contributed by atoms with Gasteiger partial charge in [0.2, 0.25) is 0 Å². The van der Waals surface area contributed by atoms with Crippen molar-refractivity contribution >= 4 is 0 Å². The molecule has 2 N–H and O–H groups in total. The fourth-order valence-corrected chi connectivity index (χ4v) is 3.65. The van der Waals surface area contributed by atoms with Crippen LogP contribution < -0.4 is 5.73 Å². The summed E-state index contributed by atoms with van der Waals surface area (Å²) in [6, 6.07) is 0. The number of unbranched alkanes of at least 4 members (excludes halogenated alkanes) is 15. The second kappa shape index (κ2) is 21.0. The van der Waals surface area contributed by atoms with Gasteiger partial charge in [0.25, 0.3) is 0 Å². The van der Waals surface area contributed by atoms with Crippen molar-refractivity contribution in [2.75, 3.05) is 6.54 Å². The predicted octanol–water partition coefficient (Wildman–Crippen LogP) is 8.01. The Morgan fingerprint density at radius 3 is 1.21 bits per heavy atom. The molecule has 0 aromatic carbocycles. The van der Waals surface area contributed by atoms with Gasteiger partial charge in [-0.1, -0.05) is 129 Å². The maximum Gasteiger partial charge on any atom is -0.00773 e. The molecule has 0 fully saturated rings. The summed E-state index contributed by atoms with van der Waals surface area (Å²) in [5.41, 5.74) is 5.52. The summed E-state index contributed by atoms with van der Waals surface area (Å²) in [5.74, 6) is 0.955. The van der Waals surface area contributed by atoms with Crippen molar-refractivity contribution in [3.05, 3.63) is 0 Å². The first kappa shape index (κ1) is 24.0. The van der Waals surface area contributed by atoms with Gasteiger partial charge in [-0.15, -0.1) is 0 Å². The van der Waals surface area contributed by atoms with Crippen molar-refractivity contribution < 1.29 is 0 Å². The summed E-state index contributed by atoms with van der Waals surface area (Å²) in [7, 11) is 0. The van der Waals surface area contributed by atoms with Gasteiger partial charge in [0.15, 0.2) is 0 Å². The highest BCUT2D eigenvalue weighted by Crippen LogP contribution is 2.19. The highest BCUT2D eigenvalue weighted by Gasteiger charge is 2.02. The lowest BCUT2D eigenvalue weighted by Crippen LogP contribution is -1.97. The van der Waals surface area contributed by atoms with E-state index in [2.05, 4.69) is 13.8 Å². The highest BCUT2D eigenvalue weighted by molar-refractivity contribution is 4.56. The van der Waals surface area contributed by atoms with Gasteiger partial charge in [-0.3, -0.25) is 0 Å². The van der Waals surface area contributed by atoms with Crippen molar-refractivity contribution in [3.8, 4) is 0 Å². The van der Waals surface area contributed by atoms with E-state index >= 15 is 0 Å². The summed E-state index contributed by atoms with van der Waals surface area (Å²) in [5, 5.41) is 0. The predicted molar refractivity (Wildman–Crippen MR) is 112 cm³/mol. The molecule has 0 rings (SSSR count). The fourth-order valence-electron chi connectivity index (χ4n) is 3.65. The zero-order chi connectivity index (χ0) is 17.7. The number of hydrogen-bond donors (Lipinski definition) is 1. The van der Waals surface area contributed by atoms with Gasteiger partial charge in [0.1, 0.15) is 0 Å². The van der Waals surface area contributed by atoms with Crippen molar-refractivity contribution in [2.45, 2.75) is 136 Å². The van der Waals surface area contributed by atoms with E-state index in [-0.39, 0.29) is 0 Å². The van der Waals surface area contributed by atoms with Gasteiger partial charge in [0, 0.05) is 0 Å². The SMILES string of the molecule is CCCCCCCCCCCCC(C)CCCCCCCCCN. The molecular weight excluding hydrogens is 290 g/mol. The summed E-state index contributed by atoms with van der Waals surface area (Å²) in [6.07, 6.45) is 27.2. The molecule has 0 amide bonds. The number of hydrogen-bond acceptors (Lipinski definition) is 1. The van der Waals surface area contributed by atoms with E-state index in [0.717, 1.165) is 12.5 Å². The zero-order valence-corrected chi connectivity index (χ0v) is 17.3. The average molecular weight is 340 g/mol. The first-order chi connectivity index (χ1) is 11.8. The third-order valence-corrected chi connectivity index (χ3v) is 5.45. The molecule has 0 aliphatic carbocycles. The minimum Gasteiger partial charge on any atom is -0.330 e. The third-order valence-electron chi connectivity index (χ3n) is 5.45. The third kappa shape index (κ3) is 20.0. The van der Waals surface area contributed by atoms with E-state index in [0.29, 0.717) is 0 Å². The summed E-state index contributed by atoms with van der Waals surface area (Å²) in [6.45, 7) is 5.64. The van der Waals surface area contributed by atoms with Crippen LogP contribution in [0.15, 0.2) is 0 Å². The molecule has 0 saturated heterocycles. The quantitative estimate of drug-likeness (QED) is 0.223. The molecule has 0 heterocycles. The van der Waals surface area contributed by atoms with E-state index in [9.17, 15) is 0 Å².